The van der Waals surface area contributed by atoms with Crippen molar-refractivity contribution in [3.63, 3.8) is 0 Å². The fourth-order valence-electron chi connectivity index (χ4n) is 4.41. The molecule has 0 aliphatic carbocycles. The summed E-state index contributed by atoms with van der Waals surface area (Å²) in [5.74, 6) is -0.632. The van der Waals surface area contributed by atoms with E-state index >= 15 is 0 Å². The van der Waals surface area contributed by atoms with Crippen molar-refractivity contribution >= 4 is 33.5 Å². The summed E-state index contributed by atoms with van der Waals surface area (Å²) in [6.45, 7) is 6.42. The second-order valence-electron chi connectivity index (χ2n) is 10.8. The summed E-state index contributed by atoms with van der Waals surface area (Å²) in [6.07, 6.45) is 5.40. The molecule has 0 unspecified atom stereocenters. The minimum Gasteiger partial charge on any atom is -0.459 e. The van der Waals surface area contributed by atoms with Gasteiger partial charge in [-0.25, -0.2) is 18.4 Å². The van der Waals surface area contributed by atoms with Crippen molar-refractivity contribution in [3.8, 4) is 0 Å². The number of amides is 1. The van der Waals surface area contributed by atoms with Gasteiger partial charge in [0.25, 0.3) is 5.91 Å². The highest BCUT2D eigenvalue weighted by atomic mass is 32.2. The highest BCUT2D eigenvalue weighted by molar-refractivity contribution is 7.89. The molecular weight excluding hydrogens is 544 g/mol. The lowest BCUT2D eigenvalue weighted by Crippen LogP contribution is -2.50. The van der Waals surface area contributed by atoms with Crippen LogP contribution in [0, 0.1) is 0 Å². The smallest absolute Gasteiger partial charge is 0.326 e. The number of nitrogens with one attached hydrogen (secondary N) is 3. The first-order valence-electron chi connectivity index (χ1n) is 13.5. The van der Waals surface area contributed by atoms with Gasteiger partial charge >= 0.3 is 5.97 Å². The highest BCUT2D eigenvalue weighted by Crippen LogP contribution is 2.22. The summed E-state index contributed by atoms with van der Waals surface area (Å²) in [4.78, 5) is 36.5. The van der Waals surface area contributed by atoms with E-state index in [2.05, 4.69) is 30.2 Å². The van der Waals surface area contributed by atoms with Gasteiger partial charge in [0.2, 0.25) is 16.0 Å². The van der Waals surface area contributed by atoms with Gasteiger partial charge in [-0.05, 0) is 76.1 Å². The number of hydrogen-bond donors (Lipinski definition) is 3. The van der Waals surface area contributed by atoms with Gasteiger partial charge in [0, 0.05) is 49.3 Å². The van der Waals surface area contributed by atoms with Crippen molar-refractivity contribution in [2.45, 2.75) is 56.2 Å². The number of aromatic nitrogens is 2. The molecule has 4 rings (SSSR count). The summed E-state index contributed by atoms with van der Waals surface area (Å²) in [5, 5.41) is 6.04. The maximum absolute atomic E-state index is 13.0. The third-order valence-electron chi connectivity index (χ3n) is 6.32. The second-order valence-corrected chi connectivity index (χ2v) is 12.5. The average molecular weight is 581 g/mol. The maximum atomic E-state index is 13.0. The van der Waals surface area contributed by atoms with Crippen LogP contribution in [0.3, 0.4) is 0 Å². The van der Waals surface area contributed by atoms with E-state index in [0.29, 0.717) is 11.5 Å². The van der Waals surface area contributed by atoms with Crippen LogP contribution >= 0.6 is 0 Å². The number of carbonyl (C=O) groups is 2. The molecule has 0 saturated carbocycles. The Balaban J connectivity index is 1.38. The summed E-state index contributed by atoms with van der Waals surface area (Å²) in [6, 6.07) is 15.5. The number of piperidine rings is 1. The fourth-order valence-corrected chi connectivity index (χ4v) is 5.61. The number of rotatable bonds is 10. The van der Waals surface area contributed by atoms with E-state index < -0.39 is 33.5 Å². The van der Waals surface area contributed by atoms with Crippen molar-refractivity contribution in [2.24, 2.45) is 0 Å². The van der Waals surface area contributed by atoms with Crippen molar-refractivity contribution in [1.29, 1.82) is 0 Å². The van der Waals surface area contributed by atoms with Crippen molar-refractivity contribution in [1.82, 2.24) is 20.0 Å². The van der Waals surface area contributed by atoms with Crippen LogP contribution in [0.1, 0.15) is 44.0 Å². The lowest BCUT2D eigenvalue weighted by atomic mass is 10.0. The standard InChI is InChI=1S/C29H36N6O5S/c1-29(2,3)40-27(37)25(34-41(38,39)24-10-5-4-6-11-24)19-32-26(36)21-12-14-23(15-13-21)35-18-7-9-22(20-35)33-28-30-16-8-17-31-28/h4-6,8,10-17,22,25,34H,7,9,18-20H2,1-3H3,(H,32,36)(H,30,31,33)/t22-,25-/m0/s1. The van der Waals surface area contributed by atoms with Crippen LogP contribution in [0.15, 0.2) is 78.0 Å². The van der Waals surface area contributed by atoms with E-state index in [1.54, 1.807) is 69.6 Å². The molecule has 0 radical (unpaired) electrons. The average Bonchev–Trinajstić information content (AvgIpc) is 2.95. The first-order valence-corrected chi connectivity index (χ1v) is 15.0. The van der Waals surface area contributed by atoms with Crippen molar-refractivity contribution < 1.29 is 22.7 Å². The number of nitrogens with zero attached hydrogens (tertiary/aromatic N) is 3. The third kappa shape index (κ3) is 8.73. The molecule has 1 fully saturated rings. The Hall–Kier alpha value is -4.03. The second kappa shape index (κ2) is 13.1. The van der Waals surface area contributed by atoms with Gasteiger partial charge in [-0.15, -0.1) is 0 Å². The molecule has 1 aromatic heterocycles. The number of hydrogen-bond acceptors (Lipinski definition) is 9. The fraction of sp³-hybridized carbons (Fsp3) is 0.379. The molecule has 218 valence electrons. The number of esters is 1. The molecule has 0 bridgehead atoms. The molecule has 2 heterocycles. The Labute approximate surface area is 240 Å². The Bertz CT molecular complexity index is 1410. The first-order chi connectivity index (χ1) is 19.5. The zero-order valence-corrected chi connectivity index (χ0v) is 24.2. The van der Waals surface area contributed by atoms with Crippen LogP contribution in [-0.2, 0) is 19.6 Å². The van der Waals surface area contributed by atoms with Crippen molar-refractivity contribution in [2.75, 3.05) is 29.9 Å². The molecule has 11 nitrogen and oxygen atoms in total. The Morgan fingerprint density at radius 3 is 2.37 bits per heavy atom. The maximum Gasteiger partial charge on any atom is 0.326 e. The van der Waals surface area contributed by atoms with Crippen molar-refractivity contribution in [3.05, 3.63) is 78.6 Å². The molecule has 1 aliphatic heterocycles. The van der Waals surface area contributed by atoms with Crippen LogP contribution in [0.25, 0.3) is 0 Å². The summed E-state index contributed by atoms with van der Waals surface area (Å²) in [7, 11) is -4.04. The van der Waals surface area contributed by atoms with E-state index in [1.807, 2.05) is 12.1 Å². The highest BCUT2D eigenvalue weighted by Gasteiger charge is 2.30. The zero-order valence-electron chi connectivity index (χ0n) is 23.4. The number of carbonyl (C=O) groups excluding carboxylic acids is 2. The van der Waals surface area contributed by atoms with Gasteiger partial charge in [0.1, 0.15) is 11.6 Å². The quantitative estimate of drug-likeness (QED) is 0.309. The molecule has 3 aromatic rings. The van der Waals surface area contributed by atoms with Gasteiger partial charge in [-0.2, -0.15) is 4.72 Å². The minimum absolute atomic E-state index is 0.00178. The van der Waals surface area contributed by atoms with Crippen LogP contribution in [0.5, 0.6) is 0 Å². The number of anilines is 2. The van der Waals surface area contributed by atoms with Gasteiger partial charge in [-0.1, -0.05) is 18.2 Å². The summed E-state index contributed by atoms with van der Waals surface area (Å²) in [5.41, 5.74) is 0.515. The molecule has 12 heteroatoms. The molecule has 1 amide bonds. The molecule has 3 N–H and O–H groups in total. The summed E-state index contributed by atoms with van der Waals surface area (Å²) >= 11 is 0. The molecule has 2 aromatic carbocycles. The number of ether oxygens (including phenoxy) is 1. The Morgan fingerprint density at radius 1 is 1.02 bits per heavy atom. The molecule has 41 heavy (non-hydrogen) atoms. The first kappa shape index (κ1) is 29.9. The molecule has 1 saturated heterocycles. The van der Waals surface area contributed by atoms with Gasteiger partial charge in [-0.3, -0.25) is 9.59 Å². The SMILES string of the molecule is CC(C)(C)OC(=O)[C@H](CNC(=O)c1ccc(N2CCC[C@H](Nc3ncccn3)C2)cc1)NS(=O)(=O)c1ccccc1. The van der Waals surface area contributed by atoms with Gasteiger partial charge in [0.15, 0.2) is 0 Å². The summed E-state index contributed by atoms with van der Waals surface area (Å²) < 4.78 is 33.6. The van der Waals surface area contributed by atoms with E-state index in [4.69, 9.17) is 4.74 Å². The number of sulfonamides is 1. The molecular formula is C29H36N6O5S. The predicted molar refractivity (Wildman–Crippen MR) is 156 cm³/mol. The molecule has 2 atom stereocenters. The largest absolute Gasteiger partial charge is 0.459 e. The normalized spacial score (nSPS) is 16.5. The Kier molecular flexibility index (Phi) is 9.56. The third-order valence-corrected chi connectivity index (χ3v) is 7.81. The Morgan fingerprint density at radius 2 is 1.71 bits per heavy atom. The van der Waals surface area contributed by atoms with Gasteiger partial charge in [0.05, 0.1) is 4.90 Å². The van der Waals surface area contributed by atoms with E-state index in [9.17, 15) is 18.0 Å². The topological polar surface area (TPSA) is 143 Å². The van der Waals surface area contributed by atoms with Crippen LogP contribution in [-0.4, -0.2) is 67.6 Å². The number of benzene rings is 2. The lowest BCUT2D eigenvalue weighted by Gasteiger charge is -2.34. The monoisotopic (exact) mass is 580 g/mol. The van der Waals surface area contributed by atoms with Crippen LogP contribution < -0.4 is 20.3 Å². The predicted octanol–water partition coefficient (Wildman–Crippen LogP) is 2.98. The molecule has 0 spiro atoms. The van der Waals surface area contributed by atoms with Crippen LogP contribution in [0.4, 0.5) is 11.6 Å². The van der Waals surface area contributed by atoms with Gasteiger partial charge < -0.3 is 20.3 Å². The zero-order chi connectivity index (χ0) is 29.5. The lowest BCUT2D eigenvalue weighted by molar-refractivity contribution is -0.156. The van der Waals surface area contributed by atoms with E-state index in [0.717, 1.165) is 31.6 Å². The van der Waals surface area contributed by atoms with E-state index in [-0.39, 0.29) is 17.5 Å². The van der Waals surface area contributed by atoms with E-state index in [1.165, 1.54) is 12.1 Å². The minimum atomic E-state index is -4.04. The molecule has 1 aliphatic rings. The van der Waals surface area contributed by atoms with Crippen LogP contribution in [0.2, 0.25) is 0 Å².